The van der Waals surface area contributed by atoms with Crippen LogP contribution in [0.1, 0.15) is 97.3 Å². The van der Waals surface area contributed by atoms with Crippen LogP contribution in [0.25, 0.3) is 0 Å². The number of nitrogens with one attached hydrogen (secondary N) is 1. The molecule has 22 heavy (non-hydrogen) atoms. The topological polar surface area (TPSA) is 16.8 Å². The highest BCUT2D eigenvalue weighted by molar-refractivity contribution is 5.75. The van der Waals surface area contributed by atoms with E-state index in [0.717, 1.165) is 0 Å². The summed E-state index contributed by atoms with van der Waals surface area (Å²) in [5.41, 5.74) is 0. The van der Waals surface area contributed by atoms with Crippen LogP contribution in [0, 0.1) is 0 Å². The summed E-state index contributed by atoms with van der Waals surface area (Å²) < 4.78 is 0. The molecule has 1 aliphatic heterocycles. The molecule has 130 valence electrons. The van der Waals surface area contributed by atoms with E-state index in [-0.39, 0.29) is 24.0 Å². The van der Waals surface area contributed by atoms with Gasteiger partial charge in [-0.15, -0.1) is 0 Å². The number of hydrogen-bond donors (Lipinski definition) is 1. The summed E-state index contributed by atoms with van der Waals surface area (Å²) in [6.07, 6.45) is 22.0. The highest BCUT2D eigenvalue weighted by atomic mass is 127. The van der Waals surface area contributed by atoms with Crippen molar-refractivity contribution >= 4 is 5.84 Å². The quantitative estimate of drug-likeness (QED) is 0.327. The van der Waals surface area contributed by atoms with Gasteiger partial charge in [-0.05, 0) is 19.3 Å². The summed E-state index contributed by atoms with van der Waals surface area (Å²) >= 11 is 0. The summed E-state index contributed by atoms with van der Waals surface area (Å²) in [5, 5.41) is 0. The first kappa shape index (κ1) is 22.1. The standard InChI is InChI=1S/C19H36N2.HI/c1-3-5-7-9-11-13-15-19-20-16-18-21(19)17-14-12-10-8-6-4-2;/h16,18H,3-15,17H2,1-2H3;1H. The average Bonchev–Trinajstić information content (AvgIpc) is 2.94. The summed E-state index contributed by atoms with van der Waals surface area (Å²) in [6, 6.07) is 0. The average molecular weight is 420 g/mol. The summed E-state index contributed by atoms with van der Waals surface area (Å²) in [6.45, 7) is 5.81. The Morgan fingerprint density at radius 2 is 1.32 bits per heavy atom. The third-order valence-corrected chi connectivity index (χ3v) is 4.44. The Morgan fingerprint density at radius 1 is 0.773 bits per heavy atom. The van der Waals surface area contributed by atoms with Gasteiger partial charge in [0.15, 0.2) is 0 Å². The number of quaternary nitrogens is 1. The predicted octanol–water partition coefficient (Wildman–Crippen LogP) is 1.87. The maximum atomic E-state index is 4.58. The molecule has 0 saturated carbocycles. The van der Waals surface area contributed by atoms with Crippen LogP contribution in [-0.4, -0.2) is 12.4 Å². The highest BCUT2D eigenvalue weighted by Crippen LogP contribution is 2.07. The van der Waals surface area contributed by atoms with Crippen molar-refractivity contribution in [2.45, 2.75) is 97.3 Å². The molecular weight excluding hydrogens is 383 g/mol. The molecule has 1 aliphatic rings. The molecule has 1 heterocycles. The van der Waals surface area contributed by atoms with Gasteiger partial charge in [-0.1, -0.05) is 71.6 Å². The second kappa shape index (κ2) is 16.0. The van der Waals surface area contributed by atoms with Crippen LogP contribution >= 0.6 is 0 Å². The maximum Gasteiger partial charge on any atom is 0.205 e. The molecule has 1 N–H and O–H groups in total. The first-order chi connectivity index (χ1) is 10.4. The zero-order chi connectivity index (χ0) is 15.2. The molecule has 0 aromatic rings. The molecular formula is C19H37IN2. The van der Waals surface area contributed by atoms with Crippen molar-refractivity contribution in [3.8, 4) is 0 Å². The van der Waals surface area contributed by atoms with Gasteiger partial charge in [0, 0.05) is 6.42 Å². The molecule has 1 rings (SSSR count). The van der Waals surface area contributed by atoms with Gasteiger partial charge in [0.25, 0.3) is 0 Å². The van der Waals surface area contributed by atoms with Gasteiger partial charge in [-0.3, -0.25) is 4.90 Å². The van der Waals surface area contributed by atoms with Crippen LogP contribution < -0.4 is 28.9 Å². The fraction of sp³-hybridized carbons (Fsp3) is 0.842. The lowest BCUT2D eigenvalue weighted by molar-refractivity contribution is -0.746. The van der Waals surface area contributed by atoms with E-state index < -0.39 is 0 Å². The van der Waals surface area contributed by atoms with Crippen molar-refractivity contribution < 1.29 is 28.9 Å². The first-order valence-electron chi connectivity index (χ1n) is 9.48. The Hall–Kier alpha value is 0.1000. The van der Waals surface area contributed by atoms with E-state index in [2.05, 4.69) is 25.0 Å². The number of rotatable bonds is 14. The van der Waals surface area contributed by atoms with E-state index in [0.29, 0.717) is 0 Å². The lowest BCUT2D eigenvalue weighted by Gasteiger charge is -2.12. The van der Waals surface area contributed by atoms with Crippen LogP contribution in [0.4, 0.5) is 0 Å². The molecule has 0 radical (unpaired) electrons. The van der Waals surface area contributed by atoms with Crippen LogP contribution in [-0.2, 0) is 0 Å². The van der Waals surface area contributed by atoms with E-state index in [1.807, 2.05) is 6.20 Å². The molecule has 1 atom stereocenters. The molecule has 0 spiro atoms. The fourth-order valence-corrected chi connectivity index (χ4v) is 3.02. The highest BCUT2D eigenvalue weighted by Gasteiger charge is 2.17. The molecule has 0 bridgehead atoms. The Labute approximate surface area is 155 Å². The minimum atomic E-state index is 0. The first-order valence-corrected chi connectivity index (χ1v) is 9.48. The summed E-state index contributed by atoms with van der Waals surface area (Å²) in [5.74, 6) is 1.39. The fourth-order valence-electron chi connectivity index (χ4n) is 3.02. The smallest absolute Gasteiger partial charge is 0.205 e. The van der Waals surface area contributed by atoms with Crippen LogP contribution in [0.3, 0.4) is 0 Å². The monoisotopic (exact) mass is 420 g/mol. The molecule has 0 aromatic heterocycles. The van der Waals surface area contributed by atoms with Gasteiger partial charge in [0.2, 0.25) is 5.84 Å². The number of aliphatic imine (C=N–C) groups is 1. The lowest BCUT2D eigenvalue weighted by Crippen LogP contribution is -3.09. The number of unbranched alkanes of at least 4 members (excludes halogenated alkanes) is 10. The van der Waals surface area contributed by atoms with E-state index in [9.17, 15) is 0 Å². The zero-order valence-electron chi connectivity index (χ0n) is 14.9. The summed E-state index contributed by atoms with van der Waals surface area (Å²) in [7, 11) is 0. The minimum Gasteiger partial charge on any atom is -1.00 e. The molecule has 0 amide bonds. The van der Waals surface area contributed by atoms with E-state index >= 15 is 0 Å². The van der Waals surface area contributed by atoms with Crippen molar-refractivity contribution in [3.63, 3.8) is 0 Å². The summed E-state index contributed by atoms with van der Waals surface area (Å²) in [4.78, 5) is 6.11. The van der Waals surface area contributed by atoms with Gasteiger partial charge < -0.3 is 24.0 Å². The molecule has 0 aliphatic carbocycles. The molecule has 3 heteroatoms. The van der Waals surface area contributed by atoms with Crippen LogP contribution in [0.5, 0.6) is 0 Å². The van der Waals surface area contributed by atoms with Crippen LogP contribution in [0.2, 0.25) is 0 Å². The largest absolute Gasteiger partial charge is 1.00 e. The normalized spacial score (nSPS) is 16.6. The van der Waals surface area contributed by atoms with Gasteiger partial charge in [-0.25, -0.2) is 4.99 Å². The Bertz CT molecular complexity index is 300. The van der Waals surface area contributed by atoms with E-state index in [4.69, 9.17) is 0 Å². The number of hydrogen-bond acceptors (Lipinski definition) is 1. The second-order valence-electron chi connectivity index (χ2n) is 6.45. The van der Waals surface area contributed by atoms with E-state index in [1.54, 1.807) is 0 Å². The van der Waals surface area contributed by atoms with Crippen LogP contribution in [0.15, 0.2) is 17.4 Å². The van der Waals surface area contributed by atoms with E-state index in [1.165, 1.54) is 101 Å². The van der Waals surface area contributed by atoms with Gasteiger partial charge in [0.1, 0.15) is 6.20 Å². The van der Waals surface area contributed by atoms with Gasteiger partial charge in [-0.2, -0.15) is 0 Å². The Kier molecular flexibility index (Phi) is 16.0. The second-order valence-corrected chi connectivity index (χ2v) is 6.45. The number of halogens is 1. The Morgan fingerprint density at radius 3 is 1.95 bits per heavy atom. The van der Waals surface area contributed by atoms with Crippen molar-refractivity contribution in [1.29, 1.82) is 0 Å². The van der Waals surface area contributed by atoms with Gasteiger partial charge in [0.05, 0.1) is 12.7 Å². The Balaban J connectivity index is 0.00000441. The van der Waals surface area contributed by atoms with Crippen molar-refractivity contribution in [2.24, 2.45) is 4.99 Å². The molecule has 0 fully saturated rings. The third-order valence-electron chi connectivity index (χ3n) is 4.44. The SMILES string of the molecule is CCCCCCCCC1=NC=C[NH+]1CCCCCCCC.[I-]. The molecule has 2 nitrogen and oxygen atoms in total. The van der Waals surface area contributed by atoms with Crippen molar-refractivity contribution in [1.82, 2.24) is 0 Å². The predicted molar refractivity (Wildman–Crippen MR) is 93.8 cm³/mol. The molecule has 1 unspecified atom stereocenters. The van der Waals surface area contributed by atoms with Crippen molar-refractivity contribution in [3.05, 3.63) is 12.4 Å². The third kappa shape index (κ3) is 10.8. The van der Waals surface area contributed by atoms with Crippen molar-refractivity contribution in [2.75, 3.05) is 6.54 Å². The molecule has 0 aromatic carbocycles. The molecule has 0 saturated heterocycles. The zero-order valence-corrected chi connectivity index (χ0v) is 17.0. The van der Waals surface area contributed by atoms with Gasteiger partial charge >= 0.3 is 0 Å². The maximum absolute atomic E-state index is 4.58. The number of nitrogens with zero attached hydrogens (tertiary/aromatic N) is 1. The minimum absolute atomic E-state index is 0. The number of amidine groups is 1. The lowest BCUT2D eigenvalue weighted by atomic mass is 10.1.